The van der Waals surface area contributed by atoms with Gasteiger partial charge in [-0.25, -0.2) is 0 Å². The molecule has 1 aliphatic rings. The number of carbonyl (C=O) groups is 1. The van der Waals surface area contributed by atoms with Crippen molar-refractivity contribution in [1.29, 1.82) is 0 Å². The van der Waals surface area contributed by atoms with Crippen LogP contribution in [0.15, 0.2) is 12.2 Å². The first-order chi connectivity index (χ1) is 28.3. The zero-order chi connectivity index (χ0) is 42.3. The van der Waals surface area contributed by atoms with Crippen molar-refractivity contribution in [1.82, 2.24) is 5.32 Å². The van der Waals surface area contributed by atoms with E-state index in [2.05, 4.69) is 31.3 Å². The molecule has 0 radical (unpaired) electrons. The smallest absolute Gasteiger partial charge is 0.220 e. The van der Waals surface area contributed by atoms with Crippen LogP contribution in [0.5, 0.6) is 0 Å². The highest BCUT2D eigenvalue weighted by Crippen LogP contribution is 2.23. The first-order valence-corrected chi connectivity index (χ1v) is 24.9. The SMILES string of the molecule is CCCCCC/C=C\CCCCCCCC(=O)NC(COC1OC(CO)C(O)C(O)C1O)C(O)CCCCCCCCCCCCCCCCCCCCCCCC. The number of amides is 1. The summed E-state index contributed by atoms with van der Waals surface area (Å²) in [7, 11) is 0. The molecule has 58 heavy (non-hydrogen) atoms. The Balaban J connectivity index is 2.25. The van der Waals surface area contributed by atoms with Crippen molar-refractivity contribution >= 4 is 5.91 Å². The van der Waals surface area contributed by atoms with Crippen molar-refractivity contribution < 1.29 is 39.8 Å². The van der Waals surface area contributed by atoms with E-state index >= 15 is 0 Å². The summed E-state index contributed by atoms with van der Waals surface area (Å²) in [6, 6.07) is -0.719. The maximum Gasteiger partial charge on any atom is 0.220 e. The predicted octanol–water partition coefficient (Wildman–Crippen LogP) is 10.9. The van der Waals surface area contributed by atoms with Gasteiger partial charge in [0.05, 0.1) is 25.4 Å². The lowest BCUT2D eigenvalue weighted by atomic mass is 9.99. The third-order valence-electron chi connectivity index (χ3n) is 12.1. The second kappa shape index (κ2) is 40.0. The standard InChI is InChI=1S/C49H95NO8/c1-3-5-7-9-11-13-15-17-18-19-20-21-22-23-24-25-27-28-30-32-34-36-38-43(52)42(41-57-49-48(56)47(55)46(54)44(40-51)58-49)50-45(53)39-37-35-33-31-29-26-16-14-12-10-8-6-4-2/h14,16,42-44,46-49,51-52,54-56H,3-13,15,17-41H2,1-2H3,(H,50,53)/b16-14-. The number of aliphatic hydroxyl groups is 5. The van der Waals surface area contributed by atoms with Gasteiger partial charge in [0.2, 0.25) is 5.91 Å². The fraction of sp³-hybridized carbons (Fsp3) is 0.939. The maximum atomic E-state index is 13.0. The molecule has 0 aromatic carbocycles. The lowest BCUT2D eigenvalue weighted by Gasteiger charge is -2.40. The molecule has 344 valence electrons. The molecule has 7 unspecified atom stereocenters. The van der Waals surface area contributed by atoms with Gasteiger partial charge in [-0.2, -0.15) is 0 Å². The molecule has 9 heteroatoms. The van der Waals surface area contributed by atoms with Crippen molar-refractivity contribution in [2.45, 2.75) is 281 Å². The van der Waals surface area contributed by atoms with Crippen molar-refractivity contribution in [3.05, 3.63) is 12.2 Å². The van der Waals surface area contributed by atoms with Crippen LogP contribution in [-0.4, -0.2) is 87.5 Å². The Labute approximate surface area is 356 Å². The number of allylic oxidation sites excluding steroid dienone is 2. The first kappa shape index (κ1) is 54.9. The van der Waals surface area contributed by atoms with Crippen LogP contribution in [0.1, 0.15) is 239 Å². The molecule has 0 spiro atoms. The lowest BCUT2D eigenvalue weighted by molar-refractivity contribution is -0.302. The molecule has 0 aromatic heterocycles. The van der Waals surface area contributed by atoms with Gasteiger partial charge in [-0.3, -0.25) is 4.79 Å². The highest BCUT2D eigenvalue weighted by Gasteiger charge is 2.44. The average Bonchev–Trinajstić information content (AvgIpc) is 3.22. The van der Waals surface area contributed by atoms with E-state index in [1.165, 1.54) is 161 Å². The summed E-state index contributed by atoms with van der Waals surface area (Å²) in [5.41, 5.74) is 0. The lowest BCUT2D eigenvalue weighted by Crippen LogP contribution is -2.60. The van der Waals surface area contributed by atoms with Crippen LogP contribution in [0.2, 0.25) is 0 Å². The Morgan fingerprint density at radius 3 is 1.41 bits per heavy atom. The summed E-state index contributed by atoms with van der Waals surface area (Å²) in [5, 5.41) is 54.4. The number of hydrogen-bond acceptors (Lipinski definition) is 8. The number of aliphatic hydroxyl groups excluding tert-OH is 5. The zero-order valence-corrected chi connectivity index (χ0v) is 37.8. The molecule has 9 nitrogen and oxygen atoms in total. The molecular formula is C49H95NO8. The molecule has 1 amide bonds. The fourth-order valence-corrected chi connectivity index (χ4v) is 8.10. The molecule has 6 N–H and O–H groups in total. The maximum absolute atomic E-state index is 13.0. The van der Waals surface area contributed by atoms with Crippen molar-refractivity contribution in [3.8, 4) is 0 Å². The van der Waals surface area contributed by atoms with E-state index in [0.717, 1.165) is 51.4 Å². The number of ether oxygens (including phenoxy) is 2. The number of rotatable bonds is 42. The molecule has 1 rings (SSSR count). The van der Waals surface area contributed by atoms with Gasteiger partial charge in [-0.05, 0) is 38.5 Å². The van der Waals surface area contributed by atoms with E-state index < -0.39 is 49.5 Å². The summed E-state index contributed by atoms with van der Waals surface area (Å²) in [4.78, 5) is 13.0. The molecule has 1 saturated heterocycles. The van der Waals surface area contributed by atoms with Gasteiger partial charge in [0.1, 0.15) is 24.4 Å². The zero-order valence-electron chi connectivity index (χ0n) is 37.8. The van der Waals surface area contributed by atoms with E-state index in [-0.39, 0.29) is 12.5 Å². The molecule has 0 aliphatic carbocycles. The van der Waals surface area contributed by atoms with Crippen molar-refractivity contribution in [3.63, 3.8) is 0 Å². The van der Waals surface area contributed by atoms with Gasteiger partial charge < -0.3 is 40.3 Å². The topological polar surface area (TPSA) is 149 Å². The molecule has 7 atom stereocenters. The molecule has 0 saturated carbocycles. The van der Waals surface area contributed by atoms with E-state index in [0.29, 0.717) is 12.8 Å². The van der Waals surface area contributed by atoms with Crippen molar-refractivity contribution in [2.75, 3.05) is 13.2 Å². The monoisotopic (exact) mass is 826 g/mol. The normalized spacial score (nSPS) is 20.8. The van der Waals surface area contributed by atoms with Crippen LogP contribution < -0.4 is 5.32 Å². The predicted molar refractivity (Wildman–Crippen MR) is 240 cm³/mol. The Morgan fingerprint density at radius 2 is 0.966 bits per heavy atom. The summed E-state index contributed by atoms with van der Waals surface area (Å²) >= 11 is 0. The van der Waals surface area contributed by atoms with E-state index in [4.69, 9.17) is 9.47 Å². The molecule has 0 aromatic rings. The molecular weight excluding hydrogens is 731 g/mol. The Hall–Kier alpha value is -1.07. The van der Waals surface area contributed by atoms with Gasteiger partial charge in [0, 0.05) is 6.42 Å². The van der Waals surface area contributed by atoms with Gasteiger partial charge >= 0.3 is 0 Å². The molecule has 0 bridgehead atoms. The molecule has 1 fully saturated rings. The third kappa shape index (κ3) is 30.0. The van der Waals surface area contributed by atoms with Crippen LogP contribution in [0, 0.1) is 0 Å². The summed E-state index contributed by atoms with van der Waals surface area (Å²) in [5.74, 6) is -0.151. The van der Waals surface area contributed by atoms with E-state index in [9.17, 15) is 30.3 Å². The second-order valence-electron chi connectivity index (χ2n) is 17.6. The largest absolute Gasteiger partial charge is 0.394 e. The van der Waals surface area contributed by atoms with Gasteiger partial charge in [0.25, 0.3) is 0 Å². The second-order valence-corrected chi connectivity index (χ2v) is 17.6. The van der Waals surface area contributed by atoms with Crippen LogP contribution >= 0.6 is 0 Å². The molecule has 1 aliphatic heterocycles. The van der Waals surface area contributed by atoms with Gasteiger partial charge in [-0.1, -0.05) is 206 Å². The Morgan fingerprint density at radius 1 is 0.569 bits per heavy atom. The van der Waals surface area contributed by atoms with Gasteiger partial charge in [-0.15, -0.1) is 0 Å². The van der Waals surface area contributed by atoms with Crippen molar-refractivity contribution in [2.24, 2.45) is 0 Å². The Bertz CT molecular complexity index is 919. The Kier molecular flexibility index (Phi) is 37.9. The van der Waals surface area contributed by atoms with Crippen LogP contribution in [0.25, 0.3) is 0 Å². The summed E-state index contributed by atoms with van der Waals surface area (Å²) < 4.78 is 11.3. The highest BCUT2D eigenvalue weighted by atomic mass is 16.7. The average molecular weight is 826 g/mol. The summed E-state index contributed by atoms with van der Waals surface area (Å²) in [6.45, 7) is 3.83. The van der Waals surface area contributed by atoms with E-state index in [1.807, 2.05) is 0 Å². The van der Waals surface area contributed by atoms with E-state index in [1.54, 1.807) is 0 Å². The fourth-order valence-electron chi connectivity index (χ4n) is 8.10. The number of unbranched alkanes of at least 4 members (excludes halogenated alkanes) is 30. The quantitative estimate of drug-likeness (QED) is 0.0263. The summed E-state index contributed by atoms with van der Waals surface area (Å²) in [6.07, 6.45) is 39.4. The minimum absolute atomic E-state index is 0.138. The minimum atomic E-state index is -1.55. The minimum Gasteiger partial charge on any atom is -0.394 e. The molecule has 1 heterocycles. The number of nitrogens with one attached hydrogen (secondary N) is 1. The number of carbonyl (C=O) groups excluding carboxylic acids is 1. The van der Waals surface area contributed by atoms with Crippen LogP contribution in [0.3, 0.4) is 0 Å². The highest BCUT2D eigenvalue weighted by molar-refractivity contribution is 5.76. The van der Waals surface area contributed by atoms with Gasteiger partial charge in [0.15, 0.2) is 6.29 Å². The van der Waals surface area contributed by atoms with Crippen LogP contribution in [-0.2, 0) is 14.3 Å². The van der Waals surface area contributed by atoms with Crippen LogP contribution in [0.4, 0.5) is 0 Å². The third-order valence-corrected chi connectivity index (χ3v) is 12.1. The first-order valence-electron chi connectivity index (χ1n) is 24.9. The number of hydrogen-bond donors (Lipinski definition) is 6.